The number of carbonyl (C=O) groups excluding carboxylic acids is 1. The predicted octanol–water partition coefficient (Wildman–Crippen LogP) is -4.89. The molecule has 1 rings (SSSR count). The second-order valence-electron chi connectivity index (χ2n) is 4.35. The van der Waals surface area contributed by atoms with E-state index < -0.39 is 61.7 Å². The highest BCUT2D eigenvalue weighted by Crippen LogP contribution is 2.23. The van der Waals surface area contributed by atoms with E-state index in [1.807, 2.05) is 0 Å². The van der Waals surface area contributed by atoms with Crippen molar-refractivity contribution >= 4 is 5.78 Å². The first-order chi connectivity index (χ1) is 8.84. The first kappa shape index (κ1) is 16.4. The molecule has 0 aromatic carbocycles. The van der Waals surface area contributed by atoms with Crippen LogP contribution >= 0.6 is 0 Å². The lowest BCUT2D eigenvalue weighted by Crippen LogP contribution is -2.50. The van der Waals surface area contributed by atoms with Crippen molar-refractivity contribution in [1.82, 2.24) is 0 Å². The van der Waals surface area contributed by atoms with E-state index in [-0.39, 0.29) is 0 Å². The summed E-state index contributed by atoms with van der Waals surface area (Å²) in [4.78, 5) is 11.7. The van der Waals surface area contributed by atoms with Gasteiger partial charge in [0.1, 0.15) is 42.7 Å². The van der Waals surface area contributed by atoms with Crippen molar-refractivity contribution in [1.29, 1.82) is 0 Å². The summed E-state index contributed by atoms with van der Waals surface area (Å²) in [7, 11) is 0. The molecule has 1 aliphatic heterocycles. The Morgan fingerprint density at radius 3 is 2.11 bits per heavy atom. The second kappa shape index (κ2) is 6.68. The van der Waals surface area contributed by atoms with Crippen LogP contribution in [-0.4, -0.2) is 97.5 Å². The van der Waals surface area contributed by atoms with E-state index >= 15 is 0 Å². The molecule has 7 N–H and O–H groups in total. The van der Waals surface area contributed by atoms with Gasteiger partial charge < -0.3 is 40.5 Å². The fourth-order valence-corrected chi connectivity index (χ4v) is 1.79. The molecule has 0 radical (unpaired) electrons. The average molecular weight is 282 g/mol. The molecule has 112 valence electrons. The van der Waals surface area contributed by atoms with Gasteiger partial charge in [0.05, 0.1) is 13.2 Å². The molecule has 0 amide bonds. The highest BCUT2D eigenvalue weighted by Gasteiger charge is 2.48. The zero-order valence-corrected chi connectivity index (χ0v) is 9.90. The maximum Gasteiger partial charge on any atom is 0.195 e. The van der Waals surface area contributed by atoms with Crippen LogP contribution in [0.1, 0.15) is 0 Å². The monoisotopic (exact) mass is 282 g/mol. The lowest BCUT2D eigenvalue weighted by Gasteiger charge is -2.23. The van der Waals surface area contributed by atoms with E-state index in [1.54, 1.807) is 0 Å². The molecule has 0 aromatic heterocycles. The molecule has 0 spiro atoms. The van der Waals surface area contributed by atoms with Crippen molar-refractivity contribution in [3.63, 3.8) is 0 Å². The molecule has 7 atom stereocenters. The third-order valence-electron chi connectivity index (χ3n) is 3.02. The number of ether oxygens (including phenoxy) is 1. The van der Waals surface area contributed by atoms with E-state index in [0.717, 1.165) is 0 Å². The van der Waals surface area contributed by atoms with Crippen molar-refractivity contribution in [3.8, 4) is 0 Å². The molecule has 1 fully saturated rings. The lowest BCUT2D eigenvalue weighted by molar-refractivity contribution is -0.154. The molecule has 0 aliphatic carbocycles. The predicted molar refractivity (Wildman–Crippen MR) is 57.9 cm³/mol. The van der Waals surface area contributed by atoms with Crippen LogP contribution in [0, 0.1) is 0 Å². The lowest BCUT2D eigenvalue weighted by atomic mass is 9.97. The number of aliphatic hydroxyl groups is 7. The van der Waals surface area contributed by atoms with Crippen LogP contribution in [0.15, 0.2) is 0 Å². The van der Waals surface area contributed by atoms with E-state index in [0.29, 0.717) is 0 Å². The van der Waals surface area contributed by atoms with Gasteiger partial charge in [-0.3, -0.25) is 4.79 Å². The number of hydrogen-bond acceptors (Lipinski definition) is 9. The summed E-state index contributed by atoms with van der Waals surface area (Å²) in [6, 6.07) is 0. The van der Waals surface area contributed by atoms with Crippen LogP contribution < -0.4 is 0 Å². The van der Waals surface area contributed by atoms with Crippen molar-refractivity contribution in [2.75, 3.05) is 13.2 Å². The quantitative estimate of drug-likeness (QED) is 0.252. The minimum absolute atomic E-state index is 0.639. The van der Waals surface area contributed by atoms with Gasteiger partial charge in [-0.25, -0.2) is 0 Å². The molecule has 19 heavy (non-hydrogen) atoms. The summed E-state index contributed by atoms with van der Waals surface area (Å²) in [6.45, 7) is -1.51. The zero-order chi connectivity index (χ0) is 14.7. The maximum absolute atomic E-state index is 11.7. The summed E-state index contributed by atoms with van der Waals surface area (Å²) in [5.41, 5.74) is 0. The topological polar surface area (TPSA) is 168 Å². The number of Topliss-reactive ketones (excluding diaryl/α,β-unsaturated/α-hetero) is 1. The molecule has 1 unspecified atom stereocenters. The molecule has 1 saturated heterocycles. The van der Waals surface area contributed by atoms with Crippen LogP contribution in [0.4, 0.5) is 0 Å². The third-order valence-corrected chi connectivity index (χ3v) is 3.02. The van der Waals surface area contributed by atoms with Gasteiger partial charge >= 0.3 is 0 Å². The van der Waals surface area contributed by atoms with E-state index in [2.05, 4.69) is 0 Å². The van der Waals surface area contributed by atoms with Crippen LogP contribution in [0.3, 0.4) is 0 Å². The molecule has 9 nitrogen and oxygen atoms in total. The first-order valence-electron chi connectivity index (χ1n) is 5.66. The van der Waals surface area contributed by atoms with Gasteiger partial charge in [0.25, 0.3) is 0 Å². The number of rotatable bonds is 6. The van der Waals surface area contributed by atoms with Gasteiger partial charge in [-0.2, -0.15) is 0 Å². The minimum atomic E-state index is -2.11. The normalized spacial score (nSPS) is 35.9. The van der Waals surface area contributed by atoms with Gasteiger partial charge in [0.2, 0.25) is 0 Å². The second-order valence-corrected chi connectivity index (χ2v) is 4.35. The Kier molecular flexibility index (Phi) is 5.77. The van der Waals surface area contributed by atoms with Crippen LogP contribution in [0.2, 0.25) is 0 Å². The third kappa shape index (κ3) is 3.27. The molecular formula is C10H18O9. The Balaban J connectivity index is 2.73. The van der Waals surface area contributed by atoms with Crippen LogP contribution in [-0.2, 0) is 9.53 Å². The summed E-state index contributed by atoms with van der Waals surface area (Å²) >= 11 is 0. The average Bonchev–Trinajstić information content (AvgIpc) is 2.71. The standard InChI is InChI=1S/C10H18O9/c11-1-3(13)5(14)7(16)9(18)10-8(17)6(15)4(2-12)19-10/h3-8,10-17H,1-2H2/t3-,4+,5-,6+,7+,8-,10?/m0/s1. The van der Waals surface area contributed by atoms with Gasteiger partial charge in [-0.1, -0.05) is 0 Å². The van der Waals surface area contributed by atoms with Crippen LogP contribution in [0.5, 0.6) is 0 Å². The smallest absolute Gasteiger partial charge is 0.195 e. The van der Waals surface area contributed by atoms with Crippen LogP contribution in [0.25, 0.3) is 0 Å². The maximum atomic E-state index is 11.7. The molecular weight excluding hydrogens is 264 g/mol. The van der Waals surface area contributed by atoms with Gasteiger partial charge in [0, 0.05) is 0 Å². The molecule has 0 bridgehead atoms. The summed E-state index contributed by atoms with van der Waals surface area (Å²) in [6.07, 6.45) is -11.8. The Labute approximate surface area is 108 Å². The SMILES string of the molecule is O=C(C1O[C@H](CO)[C@@H](O)[C@@H]1O)[C@H](O)[C@@H](O)[C@@H](O)CO. The van der Waals surface area contributed by atoms with Gasteiger partial charge in [0.15, 0.2) is 5.78 Å². The van der Waals surface area contributed by atoms with E-state index in [9.17, 15) is 25.2 Å². The fourth-order valence-electron chi connectivity index (χ4n) is 1.79. The van der Waals surface area contributed by atoms with Gasteiger partial charge in [-0.05, 0) is 0 Å². The Morgan fingerprint density at radius 2 is 1.68 bits per heavy atom. The van der Waals surface area contributed by atoms with Crippen molar-refractivity contribution in [2.45, 2.75) is 42.7 Å². The number of carbonyl (C=O) groups is 1. The van der Waals surface area contributed by atoms with E-state index in [1.165, 1.54) is 0 Å². The van der Waals surface area contributed by atoms with Crippen molar-refractivity contribution < 1.29 is 45.3 Å². The fraction of sp³-hybridized carbons (Fsp3) is 0.900. The summed E-state index contributed by atoms with van der Waals surface area (Å²) < 4.78 is 4.87. The molecule has 9 heteroatoms. The van der Waals surface area contributed by atoms with E-state index in [4.69, 9.17) is 20.1 Å². The summed E-state index contributed by atoms with van der Waals surface area (Å²) in [5, 5.41) is 64.4. The first-order valence-corrected chi connectivity index (χ1v) is 5.66. The van der Waals surface area contributed by atoms with Crippen molar-refractivity contribution in [3.05, 3.63) is 0 Å². The number of aliphatic hydroxyl groups excluding tert-OH is 7. The summed E-state index contributed by atoms with van der Waals surface area (Å²) in [5.74, 6) is -1.16. The largest absolute Gasteiger partial charge is 0.394 e. The highest BCUT2D eigenvalue weighted by molar-refractivity contribution is 5.88. The molecule has 1 heterocycles. The minimum Gasteiger partial charge on any atom is -0.394 e. The van der Waals surface area contributed by atoms with Gasteiger partial charge in [-0.15, -0.1) is 0 Å². The highest BCUT2D eigenvalue weighted by atomic mass is 16.6. The number of hydrogen-bond donors (Lipinski definition) is 7. The molecule has 1 aliphatic rings. The number of ketones is 1. The Bertz CT molecular complexity index is 309. The molecule has 0 saturated carbocycles. The Hall–Kier alpha value is -0.650. The Morgan fingerprint density at radius 1 is 1.11 bits per heavy atom. The zero-order valence-electron chi connectivity index (χ0n) is 9.90. The van der Waals surface area contributed by atoms with Crippen molar-refractivity contribution in [2.24, 2.45) is 0 Å². The molecule has 0 aromatic rings.